The van der Waals surface area contributed by atoms with E-state index in [-0.39, 0.29) is 0 Å². The second kappa shape index (κ2) is 5.42. The average Bonchev–Trinajstić information content (AvgIpc) is 3.15. The zero-order valence-electron chi connectivity index (χ0n) is 11.8. The third kappa shape index (κ3) is 2.39. The molecule has 0 saturated carbocycles. The van der Waals surface area contributed by atoms with Gasteiger partial charge < -0.3 is 9.88 Å². The van der Waals surface area contributed by atoms with Crippen LogP contribution in [0.3, 0.4) is 0 Å². The van der Waals surface area contributed by atoms with Crippen LogP contribution in [0.1, 0.15) is 16.3 Å². The first-order chi connectivity index (χ1) is 9.69. The van der Waals surface area contributed by atoms with Crippen LogP contribution in [0, 0.1) is 13.8 Å². The number of rotatable bonds is 4. The van der Waals surface area contributed by atoms with Gasteiger partial charge in [0.25, 0.3) is 0 Å². The largest absolute Gasteiger partial charge is 0.365 e. The Morgan fingerprint density at radius 3 is 2.80 bits per heavy atom. The van der Waals surface area contributed by atoms with E-state index in [1.165, 1.54) is 21.8 Å². The lowest BCUT2D eigenvalue weighted by Gasteiger charge is -2.08. The van der Waals surface area contributed by atoms with Crippen molar-refractivity contribution in [3.05, 3.63) is 45.2 Å². The molecule has 0 spiro atoms. The van der Waals surface area contributed by atoms with Crippen molar-refractivity contribution in [2.75, 3.05) is 12.4 Å². The van der Waals surface area contributed by atoms with Crippen LogP contribution < -0.4 is 5.32 Å². The molecular formula is C15H17N3S2. The lowest BCUT2D eigenvalue weighted by atomic mass is 10.2. The Kier molecular flexibility index (Phi) is 3.63. The maximum absolute atomic E-state index is 4.61. The monoisotopic (exact) mass is 303 g/mol. The van der Waals surface area contributed by atoms with Crippen LogP contribution in [-0.2, 0) is 6.54 Å². The van der Waals surface area contributed by atoms with E-state index in [2.05, 4.69) is 57.7 Å². The Bertz CT molecular complexity index is 708. The van der Waals surface area contributed by atoms with E-state index < -0.39 is 0 Å². The second-order valence-electron chi connectivity index (χ2n) is 4.74. The SMILES string of the molecule is CNc1nc(-c2cc(C)n(Cc3cccs3)c2C)cs1. The van der Waals surface area contributed by atoms with Crippen LogP contribution in [0.5, 0.6) is 0 Å². The van der Waals surface area contributed by atoms with Crippen LogP contribution in [0.15, 0.2) is 29.0 Å². The Morgan fingerprint density at radius 2 is 2.15 bits per heavy atom. The normalized spacial score (nSPS) is 10.9. The number of aromatic nitrogens is 2. The van der Waals surface area contributed by atoms with E-state index in [1.807, 2.05) is 7.05 Å². The zero-order chi connectivity index (χ0) is 14.1. The maximum atomic E-state index is 4.61. The molecule has 5 heteroatoms. The van der Waals surface area contributed by atoms with E-state index in [1.54, 1.807) is 22.7 Å². The number of thiazole rings is 1. The predicted octanol–water partition coefficient (Wildman–Crippen LogP) is 4.38. The van der Waals surface area contributed by atoms with Gasteiger partial charge in [0, 0.05) is 34.3 Å². The van der Waals surface area contributed by atoms with Gasteiger partial charge >= 0.3 is 0 Å². The molecule has 0 amide bonds. The summed E-state index contributed by atoms with van der Waals surface area (Å²) < 4.78 is 2.36. The average molecular weight is 303 g/mol. The van der Waals surface area contributed by atoms with Crippen LogP contribution in [-0.4, -0.2) is 16.6 Å². The fourth-order valence-electron chi connectivity index (χ4n) is 2.37. The molecule has 0 atom stereocenters. The molecule has 0 bridgehead atoms. The minimum Gasteiger partial charge on any atom is -0.365 e. The van der Waals surface area contributed by atoms with Gasteiger partial charge in [-0.2, -0.15) is 0 Å². The number of nitrogens with zero attached hydrogens (tertiary/aromatic N) is 2. The summed E-state index contributed by atoms with van der Waals surface area (Å²) in [4.78, 5) is 5.99. The number of aryl methyl sites for hydroxylation is 1. The number of hydrogen-bond acceptors (Lipinski definition) is 4. The minimum absolute atomic E-state index is 0.943. The van der Waals surface area contributed by atoms with Crippen molar-refractivity contribution in [2.24, 2.45) is 0 Å². The van der Waals surface area contributed by atoms with E-state index in [9.17, 15) is 0 Å². The molecule has 3 heterocycles. The maximum Gasteiger partial charge on any atom is 0.182 e. The summed E-state index contributed by atoms with van der Waals surface area (Å²) in [5.41, 5.74) is 4.86. The van der Waals surface area contributed by atoms with Gasteiger partial charge in [0.2, 0.25) is 0 Å². The van der Waals surface area contributed by atoms with Crippen molar-refractivity contribution in [3.8, 4) is 11.3 Å². The molecule has 3 aromatic heterocycles. The third-order valence-corrected chi connectivity index (χ3v) is 5.18. The molecule has 0 aliphatic rings. The lowest BCUT2D eigenvalue weighted by Crippen LogP contribution is -2.02. The third-order valence-electron chi connectivity index (χ3n) is 3.46. The van der Waals surface area contributed by atoms with Crippen molar-refractivity contribution in [3.63, 3.8) is 0 Å². The Hall–Kier alpha value is -1.59. The van der Waals surface area contributed by atoms with Gasteiger partial charge in [-0.15, -0.1) is 22.7 Å². The topological polar surface area (TPSA) is 29.9 Å². The molecule has 3 nitrogen and oxygen atoms in total. The molecule has 1 N–H and O–H groups in total. The van der Waals surface area contributed by atoms with Gasteiger partial charge in [0.15, 0.2) is 5.13 Å². The summed E-state index contributed by atoms with van der Waals surface area (Å²) in [6, 6.07) is 6.53. The van der Waals surface area contributed by atoms with Gasteiger partial charge in [-0.3, -0.25) is 0 Å². The second-order valence-corrected chi connectivity index (χ2v) is 6.63. The molecule has 0 unspecified atom stereocenters. The van der Waals surface area contributed by atoms with E-state index in [4.69, 9.17) is 0 Å². The molecule has 0 fully saturated rings. The first-order valence-corrected chi connectivity index (χ1v) is 8.27. The highest BCUT2D eigenvalue weighted by Crippen LogP contribution is 2.30. The predicted molar refractivity (Wildman–Crippen MR) is 88.0 cm³/mol. The van der Waals surface area contributed by atoms with Gasteiger partial charge in [-0.1, -0.05) is 6.07 Å². The van der Waals surface area contributed by atoms with Gasteiger partial charge in [-0.25, -0.2) is 4.98 Å². The fourth-order valence-corrected chi connectivity index (χ4v) is 3.74. The molecule has 3 aromatic rings. The Labute approximate surface area is 126 Å². The molecule has 0 aromatic carbocycles. The van der Waals surface area contributed by atoms with Crippen LogP contribution in [0.4, 0.5) is 5.13 Å². The number of anilines is 1. The smallest absolute Gasteiger partial charge is 0.182 e. The van der Waals surface area contributed by atoms with Crippen molar-refractivity contribution in [1.82, 2.24) is 9.55 Å². The lowest BCUT2D eigenvalue weighted by molar-refractivity contribution is 0.760. The number of thiophene rings is 1. The highest BCUT2D eigenvalue weighted by Gasteiger charge is 2.13. The first kappa shape index (κ1) is 13.4. The summed E-state index contributed by atoms with van der Waals surface area (Å²) in [6.45, 7) is 5.28. The quantitative estimate of drug-likeness (QED) is 0.775. The van der Waals surface area contributed by atoms with E-state index in [0.29, 0.717) is 0 Å². The molecule has 0 aliphatic heterocycles. The molecule has 20 heavy (non-hydrogen) atoms. The van der Waals surface area contributed by atoms with Gasteiger partial charge in [0.1, 0.15) is 0 Å². The Morgan fingerprint density at radius 1 is 1.30 bits per heavy atom. The molecule has 3 rings (SSSR count). The molecule has 0 radical (unpaired) electrons. The van der Waals surface area contributed by atoms with Crippen LogP contribution in [0.25, 0.3) is 11.3 Å². The van der Waals surface area contributed by atoms with Crippen molar-refractivity contribution in [2.45, 2.75) is 20.4 Å². The summed E-state index contributed by atoms with van der Waals surface area (Å²) in [6.07, 6.45) is 0. The summed E-state index contributed by atoms with van der Waals surface area (Å²) in [5.74, 6) is 0. The van der Waals surface area contributed by atoms with Crippen molar-refractivity contribution < 1.29 is 0 Å². The summed E-state index contributed by atoms with van der Waals surface area (Å²) >= 11 is 3.45. The zero-order valence-corrected chi connectivity index (χ0v) is 13.4. The summed E-state index contributed by atoms with van der Waals surface area (Å²) in [5, 5.41) is 8.30. The molecule has 104 valence electrons. The van der Waals surface area contributed by atoms with Crippen LogP contribution in [0.2, 0.25) is 0 Å². The highest BCUT2D eigenvalue weighted by molar-refractivity contribution is 7.14. The van der Waals surface area contributed by atoms with Gasteiger partial charge in [0.05, 0.1) is 12.2 Å². The standard InChI is InChI=1S/C15H17N3S2/c1-10-7-13(14-9-20-15(16-3)17-14)11(2)18(10)8-12-5-4-6-19-12/h4-7,9H,8H2,1-3H3,(H,16,17). The van der Waals surface area contributed by atoms with Gasteiger partial charge in [-0.05, 0) is 31.4 Å². The molecular weight excluding hydrogens is 286 g/mol. The van der Waals surface area contributed by atoms with E-state index >= 15 is 0 Å². The molecule has 0 aliphatic carbocycles. The fraction of sp³-hybridized carbons (Fsp3) is 0.267. The van der Waals surface area contributed by atoms with Crippen LogP contribution >= 0.6 is 22.7 Å². The van der Waals surface area contributed by atoms with E-state index in [0.717, 1.165) is 17.4 Å². The number of hydrogen-bond donors (Lipinski definition) is 1. The highest BCUT2D eigenvalue weighted by atomic mass is 32.1. The Balaban J connectivity index is 1.97. The minimum atomic E-state index is 0.943. The number of nitrogens with one attached hydrogen (secondary N) is 1. The molecule has 0 saturated heterocycles. The summed E-state index contributed by atoms with van der Waals surface area (Å²) in [7, 11) is 1.91. The van der Waals surface area contributed by atoms with Crippen molar-refractivity contribution >= 4 is 27.8 Å². The van der Waals surface area contributed by atoms with Crippen molar-refractivity contribution in [1.29, 1.82) is 0 Å². The first-order valence-electron chi connectivity index (χ1n) is 6.52.